The zero-order valence-electron chi connectivity index (χ0n) is 15.9. The summed E-state index contributed by atoms with van der Waals surface area (Å²) in [5.41, 5.74) is 6.76. The van der Waals surface area contributed by atoms with Gasteiger partial charge < -0.3 is 14.9 Å². The van der Waals surface area contributed by atoms with Crippen LogP contribution in [0.2, 0.25) is 0 Å². The van der Waals surface area contributed by atoms with Crippen LogP contribution in [0.25, 0.3) is 33.6 Å². The molecular formula is C23H23N5. The highest BCUT2D eigenvalue weighted by Gasteiger charge is 2.19. The molecule has 1 saturated heterocycles. The van der Waals surface area contributed by atoms with Crippen molar-refractivity contribution in [1.82, 2.24) is 24.8 Å². The van der Waals surface area contributed by atoms with Gasteiger partial charge >= 0.3 is 0 Å². The average Bonchev–Trinajstić information content (AvgIpc) is 3.49. The fraction of sp³-hybridized carbons (Fsp3) is 0.217. The summed E-state index contributed by atoms with van der Waals surface area (Å²) in [5, 5.41) is 3.49. The lowest BCUT2D eigenvalue weighted by molar-refractivity contribution is 0.613. The van der Waals surface area contributed by atoms with E-state index in [-0.39, 0.29) is 0 Å². The van der Waals surface area contributed by atoms with E-state index in [1.165, 1.54) is 17.5 Å². The monoisotopic (exact) mass is 369 g/mol. The van der Waals surface area contributed by atoms with Crippen LogP contribution in [0, 0.1) is 0 Å². The molecule has 1 fully saturated rings. The Labute approximate surface area is 164 Å². The molecule has 1 aliphatic heterocycles. The van der Waals surface area contributed by atoms with E-state index >= 15 is 0 Å². The molecule has 140 valence electrons. The largest absolute Gasteiger partial charge is 0.341 e. The minimum atomic E-state index is 0.366. The molecule has 1 unspecified atom stereocenters. The van der Waals surface area contributed by atoms with E-state index in [1.807, 2.05) is 30.3 Å². The van der Waals surface area contributed by atoms with Crippen molar-refractivity contribution in [1.29, 1.82) is 0 Å². The molecule has 1 atom stereocenters. The molecule has 0 radical (unpaired) electrons. The summed E-state index contributed by atoms with van der Waals surface area (Å²) < 4.78 is 1.96. The Balaban J connectivity index is 1.35. The van der Waals surface area contributed by atoms with Crippen LogP contribution in [0.4, 0.5) is 0 Å². The number of nitrogens with zero attached hydrogens (tertiary/aromatic N) is 3. The lowest BCUT2D eigenvalue weighted by Crippen LogP contribution is -2.14. The van der Waals surface area contributed by atoms with Gasteiger partial charge in [0.25, 0.3) is 0 Å². The maximum absolute atomic E-state index is 4.57. The molecule has 3 heterocycles. The number of aromatic nitrogens is 4. The van der Waals surface area contributed by atoms with Crippen molar-refractivity contribution in [2.24, 2.45) is 7.05 Å². The second-order valence-electron chi connectivity index (χ2n) is 7.41. The first kappa shape index (κ1) is 17.0. The van der Waals surface area contributed by atoms with E-state index < -0.39 is 0 Å². The molecule has 4 aromatic rings. The van der Waals surface area contributed by atoms with E-state index in [0.29, 0.717) is 6.04 Å². The number of benzene rings is 2. The molecule has 5 nitrogen and oxygen atoms in total. The second kappa shape index (κ2) is 7.09. The van der Waals surface area contributed by atoms with Crippen molar-refractivity contribution in [3.8, 4) is 33.6 Å². The number of nitrogens with one attached hydrogen (secondary N) is 2. The van der Waals surface area contributed by atoms with Crippen LogP contribution >= 0.6 is 0 Å². The average molecular weight is 369 g/mol. The van der Waals surface area contributed by atoms with Crippen molar-refractivity contribution in [3.05, 3.63) is 73.1 Å². The summed E-state index contributed by atoms with van der Waals surface area (Å²) in [7, 11) is 1.99. The summed E-state index contributed by atoms with van der Waals surface area (Å²) in [6.45, 7) is 1.08. The predicted octanol–water partition coefficient (Wildman–Crippen LogP) is 4.57. The first-order chi connectivity index (χ1) is 13.8. The normalized spacial score (nSPS) is 16.5. The van der Waals surface area contributed by atoms with Crippen LogP contribution < -0.4 is 5.32 Å². The van der Waals surface area contributed by atoms with Crippen LogP contribution in [0.5, 0.6) is 0 Å². The van der Waals surface area contributed by atoms with Crippen LogP contribution in [-0.4, -0.2) is 26.1 Å². The Kier molecular flexibility index (Phi) is 4.29. The third-order valence-corrected chi connectivity index (χ3v) is 5.40. The highest BCUT2D eigenvalue weighted by atomic mass is 15.0. The van der Waals surface area contributed by atoms with Crippen molar-refractivity contribution in [2.75, 3.05) is 6.54 Å². The van der Waals surface area contributed by atoms with E-state index in [4.69, 9.17) is 0 Å². The number of aromatic amines is 1. The lowest BCUT2D eigenvalue weighted by Gasteiger charge is -2.06. The van der Waals surface area contributed by atoms with E-state index in [2.05, 4.69) is 68.8 Å². The lowest BCUT2D eigenvalue weighted by atomic mass is 10.0. The van der Waals surface area contributed by atoms with E-state index in [9.17, 15) is 0 Å². The molecule has 5 rings (SSSR count). The van der Waals surface area contributed by atoms with Crippen LogP contribution in [0.15, 0.2) is 67.3 Å². The first-order valence-corrected chi connectivity index (χ1v) is 9.74. The highest BCUT2D eigenvalue weighted by Crippen LogP contribution is 2.28. The van der Waals surface area contributed by atoms with Gasteiger partial charge in [-0.25, -0.2) is 9.97 Å². The SMILES string of the molecule is Cn1cnc(-c2ccc(-c3ccc(-c4cnc(C5CCCN5)[nH]4)cc3)cc2)c1. The maximum Gasteiger partial charge on any atom is 0.123 e. The summed E-state index contributed by atoms with van der Waals surface area (Å²) in [6.07, 6.45) is 8.16. The molecule has 0 spiro atoms. The van der Waals surface area contributed by atoms with Gasteiger partial charge in [-0.05, 0) is 36.1 Å². The number of rotatable bonds is 4. The Bertz CT molecular complexity index is 1070. The van der Waals surface area contributed by atoms with Gasteiger partial charge in [0.05, 0.1) is 30.0 Å². The molecule has 0 amide bonds. The van der Waals surface area contributed by atoms with Gasteiger partial charge in [0.1, 0.15) is 5.82 Å². The molecular weight excluding hydrogens is 346 g/mol. The molecule has 1 aliphatic rings. The Hall–Kier alpha value is -3.18. The number of hydrogen-bond donors (Lipinski definition) is 2. The van der Waals surface area contributed by atoms with Gasteiger partial charge in [0, 0.05) is 18.8 Å². The van der Waals surface area contributed by atoms with Crippen LogP contribution in [0.3, 0.4) is 0 Å². The zero-order chi connectivity index (χ0) is 18.9. The Morgan fingerprint density at radius 3 is 2.18 bits per heavy atom. The zero-order valence-corrected chi connectivity index (χ0v) is 15.9. The molecule has 0 saturated carbocycles. The predicted molar refractivity (Wildman–Crippen MR) is 112 cm³/mol. The van der Waals surface area contributed by atoms with Crippen molar-refractivity contribution >= 4 is 0 Å². The van der Waals surface area contributed by atoms with Gasteiger partial charge in [-0.3, -0.25) is 0 Å². The molecule has 2 N–H and O–H groups in total. The third-order valence-electron chi connectivity index (χ3n) is 5.40. The molecule has 2 aromatic carbocycles. The number of aryl methyl sites for hydroxylation is 1. The van der Waals surface area contributed by atoms with Gasteiger partial charge in [-0.15, -0.1) is 0 Å². The molecule has 2 aromatic heterocycles. The molecule has 0 aliphatic carbocycles. The fourth-order valence-corrected chi connectivity index (χ4v) is 3.82. The third kappa shape index (κ3) is 3.25. The minimum Gasteiger partial charge on any atom is -0.341 e. The van der Waals surface area contributed by atoms with Crippen LogP contribution in [-0.2, 0) is 7.05 Å². The van der Waals surface area contributed by atoms with Gasteiger partial charge in [-0.1, -0.05) is 48.5 Å². The topological polar surface area (TPSA) is 58.5 Å². The van der Waals surface area contributed by atoms with Crippen molar-refractivity contribution in [2.45, 2.75) is 18.9 Å². The Morgan fingerprint density at radius 1 is 0.893 bits per heavy atom. The van der Waals surface area contributed by atoms with E-state index in [0.717, 1.165) is 41.3 Å². The van der Waals surface area contributed by atoms with Crippen molar-refractivity contribution in [3.63, 3.8) is 0 Å². The summed E-state index contributed by atoms with van der Waals surface area (Å²) >= 11 is 0. The quantitative estimate of drug-likeness (QED) is 0.554. The standard InChI is InChI=1S/C23H23N5/c1-28-14-22(26-15-28)19-10-6-17(7-11-19)16-4-8-18(9-5-16)21-13-25-23(27-21)20-3-2-12-24-20/h4-11,13-15,20,24H,2-3,12H2,1H3,(H,25,27). The molecule has 5 heteroatoms. The number of imidazole rings is 2. The van der Waals surface area contributed by atoms with E-state index in [1.54, 1.807) is 0 Å². The smallest absolute Gasteiger partial charge is 0.123 e. The molecule has 0 bridgehead atoms. The summed E-state index contributed by atoms with van der Waals surface area (Å²) in [6, 6.07) is 17.6. The highest BCUT2D eigenvalue weighted by molar-refractivity contribution is 5.71. The summed E-state index contributed by atoms with van der Waals surface area (Å²) in [5.74, 6) is 1.04. The van der Waals surface area contributed by atoms with Crippen molar-refractivity contribution < 1.29 is 0 Å². The maximum atomic E-state index is 4.57. The minimum absolute atomic E-state index is 0.366. The fourth-order valence-electron chi connectivity index (χ4n) is 3.82. The Morgan fingerprint density at radius 2 is 1.57 bits per heavy atom. The van der Waals surface area contributed by atoms with Gasteiger partial charge in [-0.2, -0.15) is 0 Å². The van der Waals surface area contributed by atoms with Gasteiger partial charge in [0.15, 0.2) is 0 Å². The second-order valence-corrected chi connectivity index (χ2v) is 7.41. The molecule has 28 heavy (non-hydrogen) atoms. The number of hydrogen-bond acceptors (Lipinski definition) is 3. The van der Waals surface area contributed by atoms with Gasteiger partial charge in [0.2, 0.25) is 0 Å². The number of H-pyrrole nitrogens is 1. The summed E-state index contributed by atoms with van der Waals surface area (Å²) in [4.78, 5) is 12.5. The van der Waals surface area contributed by atoms with Crippen LogP contribution in [0.1, 0.15) is 24.7 Å². The first-order valence-electron chi connectivity index (χ1n) is 9.74.